The Kier molecular flexibility index (Phi) is 3.07. The molecular formula is C18H23NO2. The van der Waals surface area contributed by atoms with Gasteiger partial charge in [0, 0.05) is 0 Å². The van der Waals surface area contributed by atoms with E-state index >= 15 is 0 Å². The monoisotopic (exact) mass is 285 g/mol. The first kappa shape index (κ1) is 13.3. The Hall–Kier alpha value is -1.35. The summed E-state index contributed by atoms with van der Waals surface area (Å²) in [7, 11) is 0. The largest absolute Gasteiger partial charge is 0.480 e. The predicted octanol–water partition coefficient (Wildman–Crippen LogP) is 2.63. The molecule has 3 nitrogen and oxygen atoms in total. The van der Waals surface area contributed by atoms with Crippen LogP contribution in [0.5, 0.6) is 0 Å². The standard InChI is InChI=1S/C18H23NO2/c20-17(21)18(19-11-12-5-6-12)15-7-8-16(18)10-14-4-2-1-3-13(14)9-15/h1-4,12,15-16,19H,5-11H2,(H,20,21). The first-order chi connectivity index (χ1) is 10.2. The lowest BCUT2D eigenvalue weighted by atomic mass is 9.78. The highest BCUT2D eigenvalue weighted by atomic mass is 16.4. The zero-order valence-corrected chi connectivity index (χ0v) is 12.3. The van der Waals surface area contributed by atoms with Crippen molar-refractivity contribution in [1.29, 1.82) is 0 Å². The number of carboxylic acids is 1. The smallest absolute Gasteiger partial charge is 0.324 e. The van der Waals surface area contributed by atoms with E-state index in [0.29, 0.717) is 5.92 Å². The normalized spacial score (nSPS) is 34.3. The molecule has 2 saturated carbocycles. The van der Waals surface area contributed by atoms with Crippen molar-refractivity contribution in [3.63, 3.8) is 0 Å². The maximum atomic E-state index is 12.2. The van der Waals surface area contributed by atoms with Gasteiger partial charge in [-0.1, -0.05) is 24.3 Å². The number of nitrogens with one attached hydrogen (secondary N) is 1. The van der Waals surface area contributed by atoms with Gasteiger partial charge in [-0.3, -0.25) is 4.79 Å². The van der Waals surface area contributed by atoms with Crippen LogP contribution in [0.25, 0.3) is 0 Å². The molecule has 2 fully saturated rings. The van der Waals surface area contributed by atoms with Crippen molar-refractivity contribution in [1.82, 2.24) is 5.32 Å². The summed E-state index contributed by atoms with van der Waals surface area (Å²) in [5.74, 6) is 0.569. The first-order valence-corrected chi connectivity index (χ1v) is 8.25. The SMILES string of the molecule is O=C(O)C1(NCC2CC2)C2CCC1Cc1ccccc1C2. The number of carbonyl (C=O) groups is 1. The molecule has 3 heteroatoms. The van der Waals surface area contributed by atoms with Crippen LogP contribution in [-0.4, -0.2) is 23.2 Å². The Bertz CT molecular complexity index is 531. The average molecular weight is 285 g/mol. The zero-order valence-electron chi connectivity index (χ0n) is 12.3. The summed E-state index contributed by atoms with van der Waals surface area (Å²) in [5.41, 5.74) is 2.04. The lowest BCUT2D eigenvalue weighted by Crippen LogP contribution is -2.60. The fourth-order valence-corrected chi connectivity index (χ4v) is 4.55. The predicted molar refractivity (Wildman–Crippen MR) is 81.2 cm³/mol. The minimum absolute atomic E-state index is 0.238. The molecule has 112 valence electrons. The summed E-state index contributed by atoms with van der Waals surface area (Å²) >= 11 is 0. The summed E-state index contributed by atoms with van der Waals surface area (Å²) in [4.78, 5) is 12.2. The van der Waals surface area contributed by atoms with E-state index in [1.165, 1.54) is 24.0 Å². The van der Waals surface area contributed by atoms with Gasteiger partial charge in [-0.2, -0.15) is 0 Å². The zero-order chi connectivity index (χ0) is 14.4. The van der Waals surface area contributed by atoms with Crippen LogP contribution in [0.1, 0.15) is 36.8 Å². The van der Waals surface area contributed by atoms with Gasteiger partial charge >= 0.3 is 5.97 Å². The quantitative estimate of drug-likeness (QED) is 0.894. The minimum atomic E-state index is -0.693. The topological polar surface area (TPSA) is 49.3 Å². The molecule has 0 heterocycles. The minimum Gasteiger partial charge on any atom is -0.480 e. The van der Waals surface area contributed by atoms with Crippen LogP contribution < -0.4 is 5.32 Å². The summed E-state index contributed by atoms with van der Waals surface area (Å²) in [5, 5.41) is 13.6. The van der Waals surface area contributed by atoms with Crippen LogP contribution in [0.4, 0.5) is 0 Å². The van der Waals surface area contributed by atoms with Crippen molar-refractivity contribution in [2.24, 2.45) is 17.8 Å². The van der Waals surface area contributed by atoms with Crippen molar-refractivity contribution < 1.29 is 9.90 Å². The van der Waals surface area contributed by atoms with Crippen molar-refractivity contribution in [2.45, 2.75) is 44.1 Å². The first-order valence-electron chi connectivity index (χ1n) is 8.25. The molecule has 0 radical (unpaired) electrons. The Balaban J connectivity index is 1.69. The molecule has 2 atom stereocenters. The average Bonchev–Trinajstić information content (AvgIpc) is 3.22. The van der Waals surface area contributed by atoms with Gasteiger partial charge in [0.05, 0.1) is 0 Å². The fraction of sp³-hybridized carbons (Fsp3) is 0.611. The summed E-state index contributed by atoms with van der Waals surface area (Å²) in [6, 6.07) is 8.53. The number of aliphatic carboxylic acids is 1. The van der Waals surface area contributed by atoms with E-state index in [0.717, 1.165) is 32.2 Å². The van der Waals surface area contributed by atoms with Gasteiger partial charge in [0.15, 0.2) is 0 Å². The molecule has 2 N–H and O–H groups in total. The molecule has 0 aromatic heterocycles. The van der Waals surface area contributed by atoms with Crippen LogP contribution in [-0.2, 0) is 17.6 Å². The molecule has 0 aliphatic heterocycles. The molecule has 1 aromatic carbocycles. The van der Waals surface area contributed by atoms with Gasteiger partial charge in [0.1, 0.15) is 5.54 Å². The Morgan fingerprint density at radius 1 is 1.10 bits per heavy atom. The lowest BCUT2D eigenvalue weighted by molar-refractivity contribution is -0.148. The Morgan fingerprint density at radius 2 is 1.67 bits per heavy atom. The van der Waals surface area contributed by atoms with E-state index < -0.39 is 11.5 Å². The molecule has 0 amide bonds. The van der Waals surface area contributed by atoms with Crippen LogP contribution in [0.15, 0.2) is 24.3 Å². The highest BCUT2D eigenvalue weighted by Gasteiger charge is 2.56. The highest BCUT2D eigenvalue weighted by Crippen LogP contribution is 2.48. The molecule has 0 spiro atoms. The number of benzene rings is 1. The van der Waals surface area contributed by atoms with E-state index in [1.54, 1.807) is 0 Å². The second kappa shape index (κ2) is 4.84. The van der Waals surface area contributed by atoms with Crippen LogP contribution in [0, 0.1) is 17.8 Å². The molecule has 3 aliphatic rings. The summed E-state index contributed by atoms with van der Waals surface area (Å²) in [6.45, 7) is 0.885. The van der Waals surface area contributed by atoms with Gasteiger partial charge < -0.3 is 10.4 Å². The summed E-state index contributed by atoms with van der Waals surface area (Å²) in [6.07, 6.45) is 6.44. The third kappa shape index (κ3) is 2.10. The molecule has 0 saturated heterocycles. The highest BCUT2D eigenvalue weighted by molar-refractivity contribution is 5.81. The van der Waals surface area contributed by atoms with Crippen LogP contribution in [0.3, 0.4) is 0 Å². The van der Waals surface area contributed by atoms with Crippen molar-refractivity contribution >= 4 is 5.97 Å². The second-order valence-electron chi connectivity index (χ2n) is 7.15. The van der Waals surface area contributed by atoms with Crippen LogP contribution in [0.2, 0.25) is 0 Å². The van der Waals surface area contributed by atoms with Gasteiger partial charge in [0.2, 0.25) is 0 Å². The Labute approximate surface area is 125 Å². The third-order valence-corrected chi connectivity index (χ3v) is 5.94. The van der Waals surface area contributed by atoms with Crippen molar-refractivity contribution in [3.05, 3.63) is 35.4 Å². The van der Waals surface area contributed by atoms with Gasteiger partial charge in [-0.25, -0.2) is 0 Å². The van der Waals surface area contributed by atoms with Crippen molar-refractivity contribution in [3.8, 4) is 0 Å². The summed E-state index contributed by atoms with van der Waals surface area (Å²) < 4.78 is 0. The van der Waals surface area contributed by atoms with E-state index in [4.69, 9.17) is 0 Å². The molecule has 21 heavy (non-hydrogen) atoms. The Morgan fingerprint density at radius 3 is 2.14 bits per heavy atom. The number of fused-ring (bicyclic) bond motifs is 3. The molecule has 4 rings (SSSR count). The third-order valence-electron chi connectivity index (χ3n) is 5.94. The van der Waals surface area contributed by atoms with Gasteiger partial charge in [0.25, 0.3) is 0 Å². The molecule has 2 bridgehead atoms. The number of hydrogen-bond donors (Lipinski definition) is 2. The molecule has 3 aliphatic carbocycles. The molecule has 1 aromatic rings. The fourth-order valence-electron chi connectivity index (χ4n) is 4.55. The second-order valence-corrected chi connectivity index (χ2v) is 7.15. The van der Waals surface area contributed by atoms with E-state index in [-0.39, 0.29) is 11.8 Å². The van der Waals surface area contributed by atoms with Gasteiger partial charge in [-0.15, -0.1) is 0 Å². The number of carboxylic acid groups (broad SMARTS) is 1. The lowest BCUT2D eigenvalue weighted by Gasteiger charge is -2.36. The maximum Gasteiger partial charge on any atom is 0.324 e. The molecular weight excluding hydrogens is 262 g/mol. The van der Waals surface area contributed by atoms with E-state index in [2.05, 4.69) is 29.6 Å². The van der Waals surface area contributed by atoms with E-state index in [1.807, 2.05) is 0 Å². The van der Waals surface area contributed by atoms with Gasteiger partial charge in [-0.05, 0) is 74.0 Å². The van der Waals surface area contributed by atoms with Crippen LogP contribution >= 0.6 is 0 Å². The van der Waals surface area contributed by atoms with Crippen molar-refractivity contribution in [2.75, 3.05) is 6.54 Å². The maximum absolute atomic E-state index is 12.2. The number of rotatable bonds is 4. The number of hydrogen-bond acceptors (Lipinski definition) is 2. The van der Waals surface area contributed by atoms with E-state index in [9.17, 15) is 9.90 Å². The molecule has 2 unspecified atom stereocenters.